The summed E-state index contributed by atoms with van der Waals surface area (Å²) in [5.41, 5.74) is 10.7. The van der Waals surface area contributed by atoms with Crippen LogP contribution in [0.25, 0.3) is 0 Å². The van der Waals surface area contributed by atoms with Crippen molar-refractivity contribution in [2.45, 2.75) is 12.1 Å². The third kappa shape index (κ3) is 3.03. The van der Waals surface area contributed by atoms with Gasteiger partial charge in [-0.2, -0.15) is 0 Å². The Balaban J connectivity index is 2.20. The van der Waals surface area contributed by atoms with Gasteiger partial charge in [-0.1, -0.05) is 47.5 Å². The van der Waals surface area contributed by atoms with Crippen LogP contribution in [0.1, 0.15) is 23.2 Å². The van der Waals surface area contributed by atoms with Crippen LogP contribution in [0.15, 0.2) is 48.5 Å². The first-order valence-electron chi connectivity index (χ1n) is 5.75. The summed E-state index contributed by atoms with van der Waals surface area (Å²) in [6, 6.07) is 15.7. The van der Waals surface area contributed by atoms with Gasteiger partial charge in [0.15, 0.2) is 12.1 Å². The molecular weight excluding hydrogens is 267 g/mol. The largest absolute Gasteiger partial charge is 0.346 e. The van der Waals surface area contributed by atoms with Gasteiger partial charge < -0.3 is 11.5 Å². The third-order valence-electron chi connectivity index (χ3n) is 3.08. The van der Waals surface area contributed by atoms with Crippen LogP contribution in [0, 0.1) is 0 Å². The maximum atomic E-state index is 5.88. The second-order valence-electron chi connectivity index (χ2n) is 4.32. The lowest BCUT2D eigenvalue weighted by Crippen LogP contribution is -2.68. The predicted octanol–water partition coefficient (Wildman–Crippen LogP) is 2.26. The molecule has 2 aromatic rings. The first-order valence-corrected chi connectivity index (χ1v) is 6.50. The number of quaternary nitrogens is 2. The van der Waals surface area contributed by atoms with E-state index in [0.717, 1.165) is 21.2 Å². The van der Waals surface area contributed by atoms with Crippen LogP contribution in [0.2, 0.25) is 10.0 Å². The van der Waals surface area contributed by atoms with Gasteiger partial charge in [0, 0.05) is 21.2 Å². The molecule has 4 heteroatoms. The molecule has 0 amide bonds. The monoisotopic (exact) mass is 282 g/mol. The summed E-state index contributed by atoms with van der Waals surface area (Å²) in [6.07, 6.45) is 0. The van der Waals surface area contributed by atoms with Crippen LogP contribution in [0.3, 0.4) is 0 Å². The zero-order valence-electron chi connectivity index (χ0n) is 9.94. The molecule has 0 aliphatic carbocycles. The van der Waals surface area contributed by atoms with Gasteiger partial charge >= 0.3 is 0 Å². The molecule has 2 nitrogen and oxygen atoms in total. The Bertz CT molecular complexity index is 459. The van der Waals surface area contributed by atoms with Crippen molar-refractivity contribution in [1.29, 1.82) is 0 Å². The molecule has 0 bridgehead atoms. The molecule has 0 aromatic heterocycles. The van der Waals surface area contributed by atoms with E-state index in [1.54, 1.807) is 0 Å². The van der Waals surface area contributed by atoms with Gasteiger partial charge in [0.05, 0.1) is 0 Å². The minimum absolute atomic E-state index is 0.0865. The van der Waals surface area contributed by atoms with Crippen LogP contribution in [0.5, 0.6) is 0 Å². The maximum absolute atomic E-state index is 5.88. The number of hydrogen-bond acceptors (Lipinski definition) is 0. The van der Waals surface area contributed by atoms with Gasteiger partial charge in [0.1, 0.15) is 0 Å². The van der Waals surface area contributed by atoms with E-state index < -0.39 is 0 Å². The number of hydrogen-bond donors (Lipinski definition) is 2. The summed E-state index contributed by atoms with van der Waals surface area (Å²) in [5, 5.41) is 1.47. The quantitative estimate of drug-likeness (QED) is 0.868. The smallest absolute Gasteiger partial charge is 0.167 e. The van der Waals surface area contributed by atoms with Crippen molar-refractivity contribution < 1.29 is 11.5 Å². The summed E-state index contributed by atoms with van der Waals surface area (Å²) in [6.45, 7) is 0. The summed E-state index contributed by atoms with van der Waals surface area (Å²) < 4.78 is 0. The lowest BCUT2D eigenvalue weighted by molar-refractivity contribution is -0.540. The zero-order valence-corrected chi connectivity index (χ0v) is 11.5. The van der Waals surface area contributed by atoms with E-state index in [9.17, 15) is 0 Å². The molecule has 0 aliphatic rings. The molecule has 18 heavy (non-hydrogen) atoms. The first-order chi connectivity index (χ1) is 8.58. The fraction of sp³-hybridized carbons (Fsp3) is 0.143. The molecule has 2 atom stereocenters. The number of halogens is 2. The number of benzene rings is 2. The zero-order chi connectivity index (χ0) is 13.1. The van der Waals surface area contributed by atoms with Crippen molar-refractivity contribution in [2.75, 3.05) is 0 Å². The van der Waals surface area contributed by atoms with Gasteiger partial charge in [-0.25, -0.2) is 0 Å². The molecule has 0 saturated heterocycles. The molecule has 0 aliphatic heterocycles. The minimum Gasteiger partial charge on any atom is -0.346 e. The molecule has 0 fully saturated rings. The van der Waals surface area contributed by atoms with Gasteiger partial charge in [0.25, 0.3) is 0 Å². The molecule has 6 N–H and O–H groups in total. The molecule has 94 valence electrons. The Morgan fingerprint density at radius 1 is 0.611 bits per heavy atom. The molecule has 0 unspecified atom stereocenters. The van der Waals surface area contributed by atoms with E-state index >= 15 is 0 Å². The van der Waals surface area contributed by atoms with E-state index in [0.29, 0.717) is 0 Å². The predicted molar refractivity (Wildman–Crippen MR) is 74.2 cm³/mol. The molecule has 2 aromatic carbocycles. The van der Waals surface area contributed by atoms with Crippen LogP contribution in [-0.4, -0.2) is 0 Å². The molecule has 0 radical (unpaired) electrons. The topological polar surface area (TPSA) is 55.3 Å². The van der Waals surface area contributed by atoms with Crippen molar-refractivity contribution in [2.24, 2.45) is 0 Å². The highest BCUT2D eigenvalue weighted by atomic mass is 35.5. The average molecular weight is 283 g/mol. The van der Waals surface area contributed by atoms with E-state index in [1.807, 2.05) is 48.5 Å². The summed E-state index contributed by atoms with van der Waals surface area (Å²) in [5.74, 6) is 0. The third-order valence-corrected chi connectivity index (χ3v) is 3.59. The Morgan fingerprint density at radius 2 is 0.889 bits per heavy atom. The second kappa shape index (κ2) is 5.72. The van der Waals surface area contributed by atoms with Gasteiger partial charge in [-0.05, 0) is 24.3 Å². The Kier molecular flexibility index (Phi) is 4.25. The molecule has 0 saturated carbocycles. The van der Waals surface area contributed by atoms with E-state index in [1.165, 1.54) is 0 Å². The van der Waals surface area contributed by atoms with Crippen LogP contribution in [0.4, 0.5) is 0 Å². The highest BCUT2D eigenvalue weighted by Gasteiger charge is 2.24. The highest BCUT2D eigenvalue weighted by Crippen LogP contribution is 2.23. The van der Waals surface area contributed by atoms with Crippen molar-refractivity contribution in [1.82, 2.24) is 0 Å². The minimum atomic E-state index is 0.0865. The standard InChI is InChI=1S/C14H14Cl2N2/c15-11-5-1-9(2-6-11)13(17)14(18)10-3-7-12(16)8-4-10/h1-8,13-14H,17-18H2/p+2/t13-,14+. The van der Waals surface area contributed by atoms with Crippen molar-refractivity contribution in [3.63, 3.8) is 0 Å². The summed E-state index contributed by atoms with van der Waals surface area (Å²) >= 11 is 11.8. The van der Waals surface area contributed by atoms with Crippen molar-refractivity contribution in [3.8, 4) is 0 Å². The van der Waals surface area contributed by atoms with Crippen LogP contribution < -0.4 is 11.5 Å². The van der Waals surface area contributed by atoms with Crippen molar-refractivity contribution >= 4 is 23.2 Å². The molecule has 0 spiro atoms. The summed E-state index contributed by atoms with van der Waals surface area (Å²) in [7, 11) is 0. The SMILES string of the molecule is [NH3+][C@H](c1ccc(Cl)cc1)[C@@H]([NH3+])c1ccc(Cl)cc1. The van der Waals surface area contributed by atoms with E-state index in [2.05, 4.69) is 11.5 Å². The van der Waals surface area contributed by atoms with E-state index in [4.69, 9.17) is 23.2 Å². The van der Waals surface area contributed by atoms with Gasteiger partial charge in [0.2, 0.25) is 0 Å². The average Bonchev–Trinajstić information content (AvgIpc) is 2.39. The Morgan fingerprint density at radius 3 is 1.17 bits per heavy atom. The van der Waals surface area contributed by atoms with Crippen molar-refractivity contribution in [3.05, 3.63) is 69.7 Å². The maximum Gasteiger partial charge on any atom is 0.167 e. The molecular formula is C14H16Cl2N2+2. The molecule has 0 heterocycles. The van der Waals surface area contributed by atoms with Crippen LogP contribution in [-0.2, 0) is 0 Å². The fourth-order valence-electron chi connectivity index (χ4n) is 1.88. The first kappa shape index (κ1) is 13.4. The summed E-state index contributed by atoms with van der Waals surface area (Å²) in [4.78, 5) is 0. The number of rotatable bonds is 3. The Labute approximate surface area is 117 Å². The lowest BCUT2D eigenvalue weighted by atomic mass is 9.95. The normalized spacial score (nSPS) is 14.2. The highest BCUT2D eigenvalue weighted by molar-refractivity contribution is 6.30. The van der Waals surface area contributed by atoms with Crippen LogP contribution >= 0.6 is 23.2 Å². The Hall–Kier alpha value is -1.06. The molecule has 2 rings (SSSR count). The van der Waals surface area contributed by atoms with E-state index in [-0.39, 0.29) is 12.1 Å². The van der Waals surface area contributed by atoms with Gasteiger partial charge in [-0.3, -0.25) is 0 Å². The fourth-order valence-corrected chi connectivity index (χ4v) is 2.14. The lowest BCUT2D eigenvalue weighted by Gasteiger charge is -2.14. The second-order valence-corrected chi connectivity index (χ2v) is 5.19. The van der Waals surface area contributed by atoms with Gasteiger partial charge in [-0.15, -0.1) is 0 Å².